The van der Waals surface area contributed by atoms with Crippen LogP contribution in [0.25, 0.3) is 0 Å². The van der Waals surface area contributed by atoms with Gasteiger partial charge in [0.2, 0.25) is 5.91 Å². The molecule has 4 heterocycles. The Hall–Kier alpha value is -1.45. The molecule has 0 radical (unpaired) electrons. The molecule has 9 heteroatoms. The van der Waals surface area contributed by atoms with Crippen LogP contribution in [0.3, 0.4) is 0 Å². The molecule has 31 heavy (non-hydrogen) atoms. The van der Waals surface area contributed by atoms with E-state index < -0.39 is 10.0 Å². The van der Waals surface area contributed by atoms with Gasteiger partial charge in [0.25, 0.3) is 10.0 Å². The van der Waals surface area contributed by atoms with Gasteiger partial charge in [-0.15, -0.1) is 0 Å². The topological polar surface area (TPSA) is 78.8 Å². The number of carbonyl (C=O) groups is 1. The van der Waals surface area contributed by atoms with Crippen LogP contribution in [-0.4, -0.2) is 83.3 Å². The molecule has 8 nitrogen and oxygen atoms in total. The summed E-state index contributed by atoms with van der Waals surface area (Å²) >= 11 is 0. The summed E-state index contributed by atoms with van der Waals surface area (Å²) in [7, 11) is -3.67. The van der Waals surface area contributed by atoms with Crippen molar-refractivity contribution in [1.82, 2.24) is 23.7 Å². The Morgan fingerprint density at radius 2 is 1.71 bits per heavy atom. The number of rotatable bonds is 5. The highest BCUT2D eigenvalue weighted by atomic mass is 32.2. The second-order valence-corrected chi connectivity index (χ2v) is 11.5. The Labute approximate surface area is 186 Å². The van der Waals surface area contributed by atoms with Crippen molar-refractivity contribution in [1.29, 1.82) is 0 Å². The number of aromatic nitrogens is 2. The number of likely N-dealkylation sites (tertiary alicyclic amines) is 2. The Morgan fingerprint density at radius 1 is 1.00 bits per heavy atom. The lowest BCUT2D eigenvalue weighted by atomic mass is 9.95. The van der Waals surface area contributed by atoms with Crippen molar-refractivity contribution in [2.45, 2.75) is 75.9 Å². The molecule has 0 aromatic carbocycles. The summed E-state index contributed by atoms with van der Waals surface area (Å²) in [5.74, 6) is -0.119. The van der Waals surface area contributed by atoms with Crippen LogP contribution in [0.1, 0.15) is 64.8 Å². The number of imidazole rings is 1. The average molecular weight is 452 g/mol. The highest BCUT2D eigenvalue weighted by Crippen LogP contribution is 2.27. The fraction of sp³-hybridized carbons (Fsp3) is 0.818. The number of nitrogens with zero attached hydrogens (tertiary/aromatic N) is 5. The van der Waals surface area contributed by atoms with Crippen molar-refractivity contribution >= 4 is 15.9 Å². The molecule has 1 amide bonds. The van der Waals surface area contributed by atoms with Crippen molar-refractivity contribution in [3.63, 3.8) is 0 Å². The zero-order chi connectivity index (χ0) is 22.0. The number of carbonyl (C=O) groups excluding carboxylic acids is 1. The van der Waals surface area contributed by atoms with Crippen LogP contribution in [-0.2, 0) is 14.8 Å². The Bertz CT molecular complexity index is 854. The Kier molecular flexibility index (Phi) is 7.03. The summed E-state index contributed by atoms with van der Waals surface area (Å²) in [5.41, 5.74) is 0. The molecule has 0 bridgehead atoms. The summed E-state index contributed by atoms with van der Waals surface area (Å²) in [4.78, 5) is 21.9. The van der Waals surface area contributed by atoms with E-state index >= 15 is 0 Å². The first-order valence-corrected chi connectivity index (χ1v) is 13.4. The van der Waals surface area contributed by atoms with E-state index in [1.807, 2.05) is 18.7 Å². The van der Waals surface area contributed by atoms with Crippen molar-refractivity contribution in [3.05, 3.63) is 12.5 Å². The minimum atomic E-state index is -3.67. The third-order valence-electron chi connectivity index (χ3n) is 7.19. The largest absolute Gasteiger partial charge is 0.342 e. The quantitative estimate of drug-likeness (QED) is 0.687. The van der Waals surface area contributed by atoms with Crippen LogP contribution in [0, 0.1) is 5.92 Å². The third kappa shape index (κ3) is 4.98. The molecule has 3 saturated heterocycles. The van der Waals surface area contributed by atoms with Crippen molar-refractivity contribution in [2.24, 2.45) is 5.92 Å². The van der Waals surface area contributed by atoms with E-state index in [-0.39, 0.29) is 29.4 Å². The Balaban J connectivity index is 1.35. The summed E-state index contributed by atoms with van der Waals surface area (Å²) in [6.45, 7) is 8.68. The van der Waals surface area contributed by atoms with Crippen LogP contribution in [0.5, 0.6) is 0 Å². The minimum absolute atomic E-state index is 0.0802. The molecule has 1 atom stereocenters. The number of amides is 1. The average Bonchev–Trinajstić information content (AvgIpc) is 3.31. The monoisotopic (exact) mass is 451 g/mol. The van der Waals surface area contributed by atoms with Gasteiger partial charge in [-0.2, -0.15) is 4.31 Å². The summed E-state index contributed by atoms with van der Waals surface area (Å²) in [6, 6.07) is 0.753. The number of hydrogen-bond acceptors (Lipinski definition) is 5. The molecule has 0 spiro atoms. The molecule has 3 aliphatic rings. The van der Waals surface area contributed by atoms with Gasteiger partial charge in [0.05, 0.1) is 12.2 Å². The number of sulfonamides is 1. The first kappa shape index (κ1) is 22.7. The molecule has 3 aliphatic heterocycles. The van der Waals surface area contributed by atoms with Gasteiger partial charge in [0.1, 0.15) is 0 Å². The molecule has 1 aromatic rings. The lowest BCUT2D eigenvalue weighted by Gasteiger charge is -2.41. The van der Waals surface area contributed by atoms with E-state index in [1.165, 1.54) is 36.7 Å². The van der Waals surface area contributed by atoms with Gasteiger partial charge in [0.15, 0.2) is 5.03 Å². The predicted octanol–water partition coefficient (Wildman–Crippen LogP) is 2.34. The molecule has 4 rings (SSSR count). The molecule has 0 N–H and O–H groups in total. The second kappa shape index (κ2) is 9.58. The van der Waals surface area contributed by atoms with Crippen LogP contribution in [0.2, 0.25) is 0 Å². The highest BCUT2D eigenvalue weighted by Gasteiger charge is 2.37. The second-order valence-electron chi connectivity index (χ2n) is 9.61. The molecule has 3 fully saturated rings. The third-order valence-corrected chi connectivity index (χ3v) is 8.95. The molecular weight excluding hydrogens is 414 g/mol. The van der Waals surface area contributed by atoms with Crippen molar-refractivity contribution in [3.8, 4) is 0 Å². The summed E-state index contributed by atoms with van der Waals surface area (Å²) in [6.07, 6.45) is 10.6. The number of hydrogen-bond donors (Lipinski definition) is 0. The fourth-order valence-corrected chi connectivity index (χ4v) is 6.67. The molecule has 1 aromatic heterocycles. The zero-order valence-electron chi connectivity index (χ0n) is 18.9. The van der Waals surface area contributed by atoms with Gasteiger partial charge in [-0.25, -0.2) is 13.4 Å². The first-order chi connectivity index (χ1) is 14.9. The van der Waals surface area contributed by atoms with Gasteiger partial charge in [0, 0.05) is 44.5 Å². The normalized spacial score (nSPS) is 25.3. The van der Waals surface area contributed by atoms with Crippen LogP contribution in [0.15, 0.2) is 17.6 Å². The summed E-state index contributed by atoms with van der Waals surface area (Å²) in [5, 5.41) is 0.0802. The smallest absolute Gasteiger partial charge is 0.262 e. The highest BCUT2D eigenvalue weighted by molar-refractivity contribution is 7.89. The summed E-state index contributed by atoms with van der Waals surface area (Å²) < 4.78 is 29.5. The van der Waals surface area contributed by atoms with E-state index in [0.29, 0.717) is 19.0 Å². The van der Waals surface area contributed by atoms with Crippen molar-refractivity contribution < 1.29 is 13.2 Å². The predicted molar refractivity (Wildman–Crippen MR) is 119 cm³/mol. The van der Waals surface area contributed by atoms with Gasteiger partial charge in [-0.1, -0.05) is 6.42 Å². The maximum atomic E-state index is 13.2. The maximum Gasteiger partial charge on any atom is 0.262 e. The molecule has 0 saturated carbocycles. The van der Waals surface area contributed by atoms with E-state index in [0.717, 1.165) is 32.4 Å². The fourth-order valence-electron chi connectivity index (χ4n) is 5.22. The van der Waals surface area contributed by atoms with Crippen LogP contribution < -0.4 is 0 Å². The van der Waals surface area contributed by atoms with Gasteiger partial charge in [-0.3, -0.25) is 4.79 Å². The number of piperidine rings is 3. The molecule has 174 valence electrons. The minimum Gasteiger partial charge on any atom is -0.342 e. The molecule has 1 unspecified atom stereocenters. The van der Waals surface area contributed by atoms with E-state index in [1.54, 1.807) is 17.1 Å². The Morgan fingerprint density at radius 3 is 2.35 bits per heavy atom. The van der Waals surface area contributed by atoms with Crippen LogP contribution in [0.4, 0.5) is 0 Å². The van der Waals surface area contributed by atoms with Crippen LogP contribution >= 0.6 is 0 Å². The molecule has 0 aliphatic carbocycles. The maximum absolute atomic E-state index is 13.2. The lowest BCUT2D eigenvalue weighted by Crippen LogP contribution is -2.51. The zero-order valence-corrected chi connectivity index (χ0v) is 19.8. The van der Waals surface area contributed by atoms with Gasteiger partial charge < -0.3 is 14.4 Å². The van der Waals surface area contributed by atoms with E-state index in [2.05, 4.69) is 9.88 Å². The first-order valence-electron chi connectivity index (χ1n) is 11.9. The standard InChI is InChI=1S/C22H37N5O3S/c1-18(2)26-16-21(23-17-26)31(29,30)27-12-6-7-19(15-27)22(28)25-13-8-20(9-14-25)24-10-4-3-5-11-24/h16-20H,3-15H2,1-2H3. The SMILES string of the molecule is CC(C)n1cnc(S(=O)(=O)N2CCCC(C(=O)N3CCC(N4CCCCC4)CC3)C2)c1. The van der Waals surface area contributed by atoms with Gasteiger partial charge in [-0.05, 0) is 65.5 Å². The molecular formula is C22H37N5O3S. The van der Waals surface area contributed by atoms with Crippen molar-refractivity contribution in [2.75, 3.05) is 39.3 Å². The van der Waals surface area contributed by atoms with E-state index in [9.17, 15) is 13.2 Å². The van der Waals surface area contributed by atoms with Gasteiger partial charge >= 0.3 is 0 Å². The van der Waals surface area contributed by atoms with E-state index in [4.69, 9.17) is 0 Å². The lowest BCUT2D eigenvalue weighted by molar-refractivity contribution is -0.138.